The van der Waals surface area contributed by atoms with Crippen LogP contribution in [0.5, 0.6) is 11.5 Å². The Hall–Kier alpha value is -3.08. The lowest BCUT2D eigenvalue weighted by molar-refractivity contribution is 0.102. The minimum absolute atomic E-state index is 0.217. The van der Waals surface area contributed by atoms with E-state index in [9.17, 15) is 4.79 Å². The Morgan fingerprint density at radius 1 is 1.12 bits per heavy atom. The van der Waals surface area contributed by atoms with Gasteiger partial charge in [-0.25, -0.2) is 0 Å². The average Bonchev–Trinajstić information content (AvgIpc) is 2.62. The van der Waals surface area contributed by atoms with E-state index in [1.54, 1.807) is 37.6 Å². The summed E-state index contributed by atoms with van der Waals surface area (Å²) in [6.07, 6.45) is 1.68. The molecular formula is C19H18N2O3. The number of nitrogens with one attached hydrogen (secondary N) is 1. The van der Waals surface area contributed by atoms with Crippen molar-refractivity contribution in [3.05, 3.63) is 60.3 Å². The Labute approximate surface area is 140 Å². The fraction of sp³-hybridized carbons (Fsp3) is 0.158. The highest BCUT2D eigenvalue weighted by Crippen LogP contribution is 2.30. The minimum Gasteiger partial charge on any atom is -0.493 e. The van der Waals surface area contributed by atoms with Gasteiger partial charge < -0.3 is 14.8 Å². The summed E-state index contributed by atoms with van der Waals surface area (Å²) in [5.41, 5.74) is 1.84. The zero-order valence-electron chi connectivity index (χ0n) is 13.6. The summed E-state index contributed by atoms with van der Waals surface area (Å²) in [5, 5.41) is 3.81. The molecular weight excluding hydrogens is 304 g/mol. The van der Waals surface area contributed by atoms with Crippen LogP contribution in [0.1, 0.15) is 17.3 Å². The van der Waals surface area contributed by atoms with Crippen LogP contribution < -0.4 is 14.8 Å². The Balaban J connectivity index is 1.89. The normalized spacial score (nSPS) is 10.4. The van der Waals surface area contributed by atoms with E-state index in [1.807, 2.05) is 31.2 Å². The molecule has 0 aliphatic carbocycles. The van der Waals surface area contributed by atoms with E-state index in [0.717, 1.165) is 5.39 Å². The number of amides is 1. The smallest absolute Gasteiger partial charge is 0.257 e. The van der Waals surface area contributed by atoms with Crippen molar-refractivity contribution in [2.75, 3.05) is 19.0 Å². The molecule has 0 spiro atoms. The van der Waals surface area contributed by atoms with Gasteiger partial charge in [-0.15, -0.1) is 0 Å². The van der Waals surface area contributed by atoms with Gasteiger partial charge in [-0.1, -0.05) is 18.2 Å². The van der Waals surface area contributed by atoms with Crippen LogP contribution in [0.3, 0.4) is 0 Å². The SMILES string of the molecule is CCOc1ccc(NC(=O)c2cccc3cccnc23)cc1OC. The number of anilines is 1. The Bertz CT molecular complexity index is 872. The predicted molar refractivity (Wildman–Crippen MR) is 93.9 cm³/mol. The number of methoxy groups -OCH3 is 1. The van der Waals surface area contributed by atoms with Crippen LogP contribution in [0.25, 0.3) is 10.9 Å². The van der Waals surface area contributed by atoms with Crippen LogP contribution in [-0.2, 0) is 0 Å². The number of rotatable bonds is 5. The lowest BCUT2D eigenvalue weighted by Crippen LogP contribution is -2.13. The number of hydrogen-bond acceptors (Lipinski definition) is 4. The zero-order chi connectivity index (χ0) is 16.9. The van der Waals surface area contributed by atoms with Crippen molar-refractivity contribution in [2.24, 2.45) is 0 Å². The van der Waals surface area contributed by atoms with Gasteiger partial charge in [0.2, 0.25) is 0 Å². The fourth-order valence-electron chi connectivity index (χ4n) is 2.51. The lowest BCUT2D eigenvalue weighted by atomic mass is 10.1. The molecule has 5 nitrogen and oxygen atoms in total. The van der Waals surface area contributed by atoms with E-state index >= 15 is 0 Å². The molecule has 0 saturated heterocycles. The molecule has 0 aliphatic heterocycles. The summed E-state index contributed by atoms with van der Waals surface area (Å²) < 4.78 is 10.8. The van der Waals surface area contributed by atoms with Crippen LogP contribution in [-0.4, -0.2) is 24.6 Å². The second-order valence-corrected chi connectivity index (χ2v) is 5.13. The molecule has 122 valence electrons. The van der Waals surface area contributed by atoms with Gasteiger partial charge in [0, 0.05) is 23.3 Å². The van der Waals surface area contributed by atoms with Crippen molar-refractivity contribution < 1.29 is 14.3 Å². The lowest BCUT2D eigenvalue weighted by Gasteiger charge is -2.12. The van der Waals surface area contributed by atoms with Crippen molar-refractivity contribution in [1.29, 1.82) is 0 Å². The highest BCUT2D eigenvalue weighted by molar-refractivity contribution is 6.11. The number of pyridine rings is 1. The summed E-state index contributed by atoms with van der Waals surface area (Å²) in [6.45, 7) is 2.45. The third kappa shape index (κ3) is 3.15. The van der Waals surface area contributed by atoms with Gasteiger partial charge in [0.05, 0.1) is 24.8 Å². The van der Waals surface area contributed by atoms with Gasteiger partial charge in [-0.2, -0.15) is 0 Å². The van der Waals surface area contributed by atoms with Crippen LogP contribution >= 0.6 is 0 Å². The third-order valence-corrected chi connectivity index (χ3v) is 3.60. The van der Waals surface area contributed by atoms with E-state index in [-0.39, 0.29) is 5.91 Å². The summed E-state index contributed by atoms with van der Waals surface area (Å²) in [6, 6.07) is 14.6. The summed E-state index contributed by atoms with van der Waals surface area (Å²) >= 11 is 0. The molecule has 1 aromatic heterocycles. The molecule has 0 bridgehead atoms. The molecule has 1 amide bonds. The number of para-hydroxylation sites is 1. The predicted octanol–water partition coefficient (Wildman–Crippen LogP) is 3.89. The largest absolute Gasteiger partial charge is 0.493 e. The fourth-order valence-corrected chi connectivity index (χ4v) is 2.51. The second kappa shape index (κ2) is 7.00. The number of carbonyl (C=O) groups excluding carboxylic acids is 1. The molecule has 0 saturated carbocycles. The standard InChI is InChI=1S/C19H18N2O3/c1-3-24-16-10-9-14(12-17(16)23-2)21-19(22)15-8-4-6-13-7-5-11-20-18(13)15/h4-12H,3H2,1-2H3,(H,21,22). The zero-order valence-corrected chi connectivity index (χ0v) is 13.6. The second-order valence-electron chi connectivity index (χ2n) is 5.13. The molecule has 1 N–H and O–H groups in total. The third-order valence-electron chi connectivity index (χ3n) is 3.60. The molecule has 0 unspecified atom stereocenters. The van der Waals surface area contributed by atoms with Crippen molar-refractivity contribution >= 4 is 22.5 Å². The number of aromatic nitrogens is 1. The van der Waals surface area contributed by atoms with Gasteiger partial charge >= 0.3 is 0 Å². The highest BCUT2D eigenvalue weighted by Gasteiger charge is 2.12. The van der Waals surface area contributed by atoms with E-state index in [1.165, 1.54) is 0 Å². The van der Waals surface area contributed by atoms with E-state index in [0.29, 0.717) is 34.9 Å². The monoisotopic (exact) mass is 322 g/mol. The Morgan fingerprint density at radius 2 is 1.96 bits per heavy atom. The van der Waals surface area contributed by atoms with Crippen LogP contribution in [0, 0.1) is 0 Å². The molecule has 0 radical (unpaired) electrons. The van der Waals surface area contributed by atoms with Gasteiger partial charge in [0.1, 0.15) is 0 Å². The molecule has 24 heavy (non-hydrogen) atoms. The Morgan fingerprint density at radius 3 is 2.75 bits per heavy atom. The van der Waals surface area contributed by atoms with E-state index < -0.39 is 0 Å². The highest BCUT2D eigenvalue weighted by atomic mass is 16.5. The molecule has 3 rings (SSSR count). The van der Waals surface area contributed by atoms with E-state index in [2.05, 4.69) is 10.3 Å². The van der Waals surface area contributed by atoms with Gasteiger partial charge in [0.25, 0.3) is 5.91 Å². The van der Waals surface area contributed by atoms with Crippen LogP contribution in [0.4, 0.5) is 5.69 Å². The maximum absolute atomic E-state index is 12.6. The molecule has 0 atom stereocenters. The quantitative estimate of drug-likeness (QED) is 0.774. The van der Waals surface area contributed by atoms with Crippen molar-refractivity contribution in [2.45, 2.75) is 6.92 Å². The number of nitrogens with zero attached hydrogens (tertiary/aromatic N) is 1. The molecule has 3 aromatic rings. The average molecular weight is 322 g/mol. The molecule has 2 aromatic carbocycles. The molecule has 0 aliphatic rings. The summed E-state index contributed by atoms with van der Waals surface area (Å²) in [4.78, 5) is 16.9. The van der Waals surface area contributed by atoms with Crippen molar-refractivity contribution in [1.82, 2.24) is 4.98 Å². The molecule has 1 heterocycles. The summed E-state index contributed by atoms with van der Waals surface area (Å²) in [7, 11) is 1.57. The molecule has 0 fully saturated rings. The first-order chi connectivity index (χ1) is 11.7. The van der Waals surface area contributed by atoms with Crippen LogP contribution in [0.2, 0.25) is 0 Å². The van der Waals surface area contributed by atoms with Crippen molar-refractivity contribution in [3.8, 4) is 11.5 Å². The first-order valence-electron chi connectivity index (χ1n) is 7.69. The van der Waals surface area contributed by atoms with Gasteiger partial charge in [-0.3, -0.25) is 9.78 Å². The van der Waals surface area contributed by atoms with Gasteiger partial charge in [0.15, 0.2) is 11.5 Å². The number of benzene rings is 2. The van der Waals surface area contributed by atoms with Gasteiger partial charge in [-0.05, 0) is 31.2 Å². The maximum atomic E-state index is 12.6. The molecule has 5 heteroatoms. The minimum atomic E-state index is -0.217. The first kappa shape index (κ1) is 15.8. The number of ether oxygens (including phenoxy) is 2. The van der Waals surface area contributed by atoms with E-state index in [4.69, 9.17) is 9.47 Å². The summed E-state index contributed by atoms with van der Waals surface area (Å²) in [5.74, 6) is 1.00. The maximum Gasteiger partial charge on any atom is 0.257 e. The number of fused-ring (bicyclic) bond motifs is 1. The number of hydrogen-bond donors (Lipinski definition) is 1. The first-order valence-corrected chi connectivity index (χ1v) is 7.69. The van der Waals surface area contributed by atoms with Crippen molar-refractivity contribution in [3.63, 3.8) is 0 Å². The van der Waals surface area contributed by atoms with Crippen LogP contribution in [0.15, 0.2) is 54.7 Å². The topological polar surface area (TPSA) is 60.5 Å². The Kier molecular flexibility index (Phi) is 4.61. The number of carbonyl (C=O) groups is 1.